The van der Waals surface area contributed by atoms with Crippen molar-refractivity contribution >= 4 is 0 Å². The lowest BCUT2D eigenvalue weighted by atomic mass is 9.79. The van der Waals surface area contributed by atoms with Gasteiger partial charge in [0.05, 0.1) is 6.07 Å². The molecule has 2 unspecified atom stereocenters. The van der Waals surface area contributed by atoms with Crippen LogP contribution in [0.2, 0.25) is 0 Å². The molecule has 0 bridgehead atoms. The minimum absolute atomic E-state index is 0.290. The fourth-order valence-corrected chi connectivity index (χ4v) is 3.75. The van der Waals surface area contributed by atoms with Crippen LogP contribution in [0.3, 0.4) is 0 Å². The van der Waals surface area contributed by atoms with E-state index in [1.165, 1.54) is 19.3 Å². The van der Waals surface area contributed by atoms with Gasteiger partial charge in [-0.3, -0.25) is 5.32 Å². The molecule has 0 radical (unpaired) electrons. The molecule has 4 nitrogen and oxygen atoms in total. The lowest BCUT2D eigenvalue weighted by Gasteiger charge is -2.41. The van der Waals surface area contributed by atoms with Gasteiger partial charge >= 0.3 is 0 Å². The van der Waals surface area contributed by atoms with Crippen molar-refractivity contribution in [2.45, 2.75) is 57.0 Å². The Kier molecular flexibility index (Phi) is 5.83. The van der Waals surface area contributed by atoms with E-state index in [4.69, 9.17) is 4.74 Å². The van der Waals surface area contributed by atoms with Crippen molar-refractivity contribution in [2.24, 2.45) is 5.92 Å². The van der Waals surface area contributed by atoms with Crippen molar-refractivity contribution in [1.29, 1.82) is 5.26 Å². The summed E-state index contributed by atoms with van der Waals surface area (Å²) in [7, 11) is 2.24. The van der Waals surface area contributed by atoms with Crippen LogP contribution >= 0.6 is 0 Å². The highest BCUT2D eigenvalue weighted by Crippen LogP contribution is 2.31. The van der Waals surface area contributed by atoms with Crippen molar-refractivity contribution in [2.75, 3.05) is 33.4 Å². The smallest absolute Gasteiger partial charge is 0.108 e. The zero-order valence-electron chi connectivity index (χ0n) is 13.0. The van der Waals surface area contributed by atoms with Crippen LogP contribution < -0.4 is 5.32 Å². The summed E-state index contributed by atoms with van der Waals surface area (Å²) in [6.07, 6.45) is 6.73. The van der Waals surface area contributed by atoms with Gasteiger partial charge in [0.2, 0.25) is 0 Å². The summed E-state index contributed by atoms with van der Waals surface area (Å²) in [5.41, 5.74) is -0.290. The van der Waals surface area contributed by atoms with Crippen LogP contribution in [0, 0.1) is 17.2 Å². The zero-order chi connectivity index (χ0) is 14.4. The summed E-state index contributed by atoms with van der Waals surface area (Å²) in [5, 5.41) is 13.0. The van der Waals surface area contributed by atoms with E-state index in [1.807, 2.05) is 0 Å². The van der Waals surface area contributed by atoms with Crippen LogP contribution in [0.5, 0.6) is 0 Å². The van der Waals surface area contributed by atoms with Crippen molar-refractivity contribution < 1.29 is 4.74 Å². The fraction of sp³-hybridized carbons (Fsp3) is 0.938. The van der Waals surface area contributed by atoms with Gasteiger partial charge in [0.15, 0.2) is 0 Å². The molecule has 0 aromatic rings. The Morgan fingerprint density at radius 3 is 2.75 bits per heavy atom. The minimum Gasteiger partial charge on any atom is -0.381 e. The normalized spacial score (nSPS) is 32.2. The highest BCUT2D eigenvalue weighted by atomic mass is 16.5. The molecule has 1 heterocycles. The molecule has 1 aliphatic heterocycles. The molecule has 0 spiro atoms. The maximum Gasteiger partial charge on any atom is 0.108 e. The average Bonchev–Trinajstić information content (AvgIpc) is 2.49. The van der Waals surface area contributed by atoms with E-state index in [-0.39, 0.29) is 5.54 Å². The number of nitrogens with one attached hydrogen (secondary N) is 1. The van der Waals surface area contributed by atoms with E-state index < -0.39 is 0 Å². The van der Waals surface area contributed by atoms with E-state index in [1.54, 1.807) is 0 Å². The van der Waals surface area contributed by atoms with Gasteiger partial charge in [0, 0.05) is 25.8 Å². The molecule has 2 atom stereocenters. The summed E-state index contributed by atoms with van der Waals surface area (Å²) >= 11 is 0. The van der Waals surface area contributed by atoms with Gasteiger partial charge in [0.1, 0.15) is 5.54 Å². The minimum atomic E-state index is -0.290. The lowest BCUT2D eigenvalue weighted by molar-refractivity contribution is 0.0437. The summed E-state index contributed by atoms with van der Waals surface area (Å²) in [6, 6.07) is 3.10. The molecule has 2 rings (SSSR count). The first kappa shape index (κ1) is 15.8. The van der Waals surface area contributed by atoms with Crippen LogP contribution in [-0.4, -0.2) is 49.8 Å². The third-order valence-electron chi connectivity index (χ3n) is 4.96. The van der Waals surface area contributed by atoms with Crippen LogP contribution in [0.4, 0.5) is 0 Å². The predicted octanol–water partition coefficient (Wildman–Crippen LogP) is 2.16. The lowest BCUT2D eigenvalue weighted by Crippen LogP contribution is -2.52. The molecule has 4 heteroatoms. The van der Waals surface area contributed by atoms with Crippen LogP contribution in [0.15, 0.2) is 0 Å². The molecule has 1 N–H and O–H groups in total. The number of nitriles is 1. The van der Waals surface area contributed by atoms with E-state index in [0.29, 0.717) is 6.04 Å². The number of rotatable bonds is 5. The molecule has 1 saturated carbocycles. The summed E-state index contributed by atoms with van der Waals surface area (Å²) in [5.74, 6) is 0.770. The third-order valence-corrected chi connectivity index (χ3v) is 4.96. The van der Waals surface area contributed by atoms with Gasteiger partial charge in [-0.25, -0.2) is 0 Å². The molecule has 2 fully saturated rings. The van der Waals surface area contributed by atoms with Crippen LogP contribution in [-0.2, 0) is 4.74 Å². The number of ether oxygens (including phenoxy) is 1. The Balaban J connectivity index is 1.88. The number of hydrogen-bond donors (Lipinski definition) is 1. The fourth-order valence-electron chi connectivity index (χ4n) is 3.75. The standard InChI is InChI=1S/C16H29N3O/c1-3-18-16(13-17)8-4-5-15(11-16)19(2)12-14-6-9-20-10-7-14/h14-15,18H,3-12H2,1-2H3. The second kappa shape index (κ2) is 7.40. The quantitative estimate of drug-likeness (QED) is 0.838. The van der Waals surface area contributed by atoms with Crippen LogP contribution in [0.1, 0.15) is 45.4 Å². The Labute approximate surface area is 123 Å². The molecular weight excluding hydrogens is 250 g/mol. The van der Waals surface area contributed by atoms with Gasteiger partial charge in [-0.1, -0.05) is 6.92 Å². The van der Waals surface area contributed by atoms with E-state index >= 15 is 0 Å². The third kappa shape index (κ3) is 3.94. The second-order valence-electron chi connectivity index (χ2n) is 6.47. The monoisotopic (exact) mass is 279 g/mol. The van der Waals surface area contributed by atoms with Crippen molar-refractivity contribution in [3.63, 3.8) is 0 Å². The first-order valence-corrected chi connectivity index (χ1v) is 8.13. The molecule has 1 saturated heterocycles. The first-order chi connectivity index (χ1) is 9.69. The number of hydrogen-bond acceptors (Lipinski definition) is 4. The molecule has 0 aromatic carbocycles. The van der Waals surface area contributed by atoms with Gasteiger partial charge in [-0.2, -0.15) is 5.26 Å². The predicted molar refractivity (Wildman–Crippen MR) is 80.4 cm³/mol. The Morgan fingerprint density at radius 2 is 2.10 bits per heavy atom. The largest absolute Gasteiger partial charge is 0.381 e. The first-order valence-electron chi connectivity index (χ1n) is 8.13. The molecule has 2 aliphatic rings. The molecule has 114 valence electrons. The van der Waals surface area contributed by atoms with Gasteiger partial charge in [-0.15, -0.1) is 0 Å². The van der Waals surface area contributed by atoms with Crippen molar-refractivity contribution in [3.8, 4) is 6.07 Å². The van der Waals surface area contributed by atoms with E-state index in [9.17, 15) is 5.26 Å². The van der Waals surface area contributed by atoms with E-state index in [2.05, 4.69) is 30.3 Å². The Bertz CT molecular complexity index is 331. The Morgan fingerprint density at radius 1 is 1.35 bits per heavy atom. The Hall–Kier alpha value is -0.630. The summed E-state index contributed by atoms with van der Waals surface area (Å²) in [4.78, 5) is 2.50. The van der Waals surface area contributed by atoms with Gasteiger partial charge < -0.3 is 9.64 Å². The van der Waals surface area contributed by atoms with E-state index in [0.717, 1.165) is 51.5 Å². The second-order valence-corrected chi connectivity index (χ2v) is 6.47. The van der Waals surface area contributed by atoms with Crippen LogP contribution in [0.25, 0.3) is 0 Å². The SMILES string of the molecule is CCNC1(C#N)CCCC(N(C)CC2CCOCC2)C1. The van der Waals surface area contributed by atoms with Gasteiger partial charge in [0.25, 0.3) is 0 Å². The van der Waals surface area contributed by atoms with Crippen molar-refractivity contribution in [1.82, 2.24) is 10.2 Å². The maximum absolute atomic E-state index is 9.55. The zero-order valence-corrected chi connectivity index (χ0v) is 13.0. The highest BCUT2D eigenvalue weighted by molar-refractivity contribution is 5.11. The topological polar surface area (TPSA) is 48.3 Å². The molecular formula is C16H29N3O. The molecule has 0 amide bonds. The molecule has 0 aromatic heterocycles. The maximum atomic E-state index is 9.55. The molecule has 1 aliphatic carbocycles. The summed E-state index contributed by atoms with van der Waals surface area (Å²) in [6.45, 7) is 5.96. The van der Waals surface area contributed by atoms with Crippen molar-refractivity contribution in [3.05, 3.63) is 0 Å². The summed E-state index contributed by atoms with van der Waals surface area (Å²) < 4.78 is 5.44. The molecule has 20 heavy (non-hydrogen) atoms. The number of nitrogens with zero attached hydrogens (tertiary/aromatic N) is 2. The highest BCUT2D eigenvalue weighted by Gasteiger charge is 2.37. The van der Waals surface area contributed by atoms with Gasteiger partial charge in [-0.05, 0) is 58.0 Å². The average molecular weight is 279 g/mol.